The van der Waals surface area contributed by atoms with Crippen LogP contribution in [-0.4, -0.2) is 18.8 Å². The van der Waals surface area contributed by atoms with Crippen molar-refractivity contribution in [3.63, 3.8) is 0 Å². The van der Waals surface area contributed by atoms with E-state index >= 15 is 0 Å². The van der Waals surface area contributed by atoms with Gasteiger partial charge in [-0.3, -0.25) is 4.79 Å². The monoisotopic (exact) mass is 288 g/mol. The van der Waals surface area contributed by atoms with Crippen LogP contribution in [0.3, 0.4) is 0 Å². The van der Waals surface area contributed by atoms with Crippen molar-refractivity contribution in [2.75, 3.05) is 20.0 Å². The predicted molar refractivity (Wildman–Crippen MR) is 84.0 cm³/mol. The Labute approximate surface area is 123 Å². The summed E-state index contributed by atoms with van der Waals surface area (Å²) < 4.78 is 12.3. The second-order valence-electron chi connectivity index (χ2n) is 5.01. The lowest BCUT2D eigenvalue weighted by Crippen LogP contribution is -2.25. The molecule has 112 valence electrons. The number of rotatable bonds is 4. The minimum Gasteiger partial charge on any atom is -0.497 e. The number of pyridine rings is 1. The fourth-order valence-electron chi connectivity index (χ4n) is 2.32. The smallest absolute Gasteiger partial charge is 0.274 e. The van der Waals surface area contributed by atoms with E-state index in [1.807, 2.05) is 38.1 Å². The van der Waals surface area contributed by atoms with E-state index in [1.165, 1.54) is 0 Å². The number of methoxy groups -OCH3 is 2. The molecule has 2 rings (SSSR count). The topological polar surface area (TPSA) is 66.5 Å². The number of hydrogen-bond donors (Lipinski definition) is 1. The van der Waals surface area contributed by atoms with E-state index in [0.717, 1.165) is 11.3 Å². The quantitative estimate of drug-likeness (QED) is 0.939. The van der Waals surface area contributed by atoms with Crippen LogP contribution in [0.1, 0.15) is 19.9 Å². The molecular weight excluding hydrogens is 268 g/mol. The third-order valence-electron chi connectivity index (χ3n) is 3.35. The molecule has 0 aliphatic heterocycles. The largest absolute Gasteiger partial charge is 0.497 e. The van der Waals surface area contributed by atoms with Crippen LogP contribution >= 0.6 is 0 Å². The van der Waals surface area contributed by atoms with Gasteiger partial charge in [0, 0.05) is 11.6 Å². The van der Waals surface area contributed by atoms with Crippen molar-refractivity contribution in [2.24, 2.45) is 0 Å². The molecule has 0 saturated heterocycles. The predicted octanol–water partition coefficient (Wildman–Crippen LogP) is 2.70. The third-order valence-corrected chi connectivity index (χ3v) is 3.35. The summed E-state index contributed by atoms with van der Waals surface area (Å²) in [4.78, 5) is 12.3. The lowest BCUT2D eigenvalue weighted by molar-refractivity contribution is 0.404. The van der Waals surface area contributed by atoms with Gasteiger partial charge in [0.2, 0.25) is 0 Å². The molecule has 1 heterocycles. The van der Waals surface area contributed by atoms with E-state index in [0.29, 0.717) is 11.5 Å². The molecule has 0 spiro atoms. The van der Waals surface area contributed by atoms with E-state index < -0.39 is 0 Å². The first-order chi connectivity index (χ1) is 9.99. The van der Waals surface area contributed by atoms with E-state index in [1.54, 1.807) is 24.9 Å². The molecule has 0 saturated carbocycles. The second kappa shape index (κ2) is 5.91. The fourth-order valence-corrected chi connectivity index (χ4v) is 2.32. The second-order valence-corrected chi connectivity index (χ2v) is 5.01. The summed E-state index contributed by atoms with van der Waals surface area (Å²) in [6.45, 7) is 3.88. The average molecular weight is 288 g/mol. The molecule has 0 radical (unpaired) electrons. The minimum absolute atomic E-state index is 0.0214. The van der Waals surface area contributed by atoms with Crippen molar-refractivity contribution >= 4 is 5.69 Å². The minimum atomic E-state index is -0.202. The van der Waals surface area contributed by atoms with Crippen LogP contribution < -0.4 is 20.8 Å². The van der Waals surface area contributed by atoms with Crippen LogP contribution in [0.4, 0.5) is 5.69 Å². The first-order valence-corrected chi connectivity index (χ1v) is 6.73. The van der Waals surface area contributed by atoms with E-state index in [9.17, 15) is 4.79 Å². The summed E-state index contributed by atoms with van der Waals surface area (Å²) in [5.41, 5.74) is 7.32. The molecule has 0 unspecified atom stereocenters. The zero-order valence-electron chi connectivity index (χ0n) is 12.7. The molecule has 0 fully saturated rings. The number of hydrogen-bond acceptors (Lipinski definition) is 4. The summed E-state index contributed by atoms with van der Waals surface area (Å²) in [6, 6.07) is 8.91. The van der Waals surface area contributed by atoms with Crippen LogP contribution in [0.25, 0.3) is 11.3 Å². The summed E-state index contributed by atoms with van der Waals surface area (Å²) in [6.07, 6.45) is 0. The van der Waals surface area contributed by atoms with Gasteiger partial charge in [0.1, 0.15) is 11.5 Å². The van der Waals surface area contributed by atoms with Gasteiger partial charge in [-0.05, 0) is 44.2 Å². The molecule has 2 N–H and O–H groups in total. The Morgan fingerprint density at radius 2 is 1.81 bits per heavy atom. The highest BCUT2D eigenvalue weighted by molar-refractivity contribution is 5.70. The Morgan fingerprint density at radius 3 is 2.38 bits per heavy atom. The molecule has 0 bridgehead atoms. The van der Waals surface area contributed by atoms with Gasteiger partial charge in [0.05, 0.1) is 25.6 Å². The summed E-state index contributed by atoms with van der Waals surface area (Å²) in [7, 11) is 3.20. The zero-order valence-corrected chi connectivity index (χ0v) is 12.7. The number of anilines is 1. The van der Waals surface area contributed by atoms with Gasteiger partial charge in [-0.15, -0.1) is 0 Å². The Bertz CT molecular complexity index is 705. The number of nitrogens with two attached hydrogens (primary N) is 1. The Kier molecular flexibility index (Phi) is 4.21. The van der Waals surface area contributed by atoms with Gasteiger partial charge >= 0.3 is 0 Å². The number of aromatic nitrogens is 1. The van der Waals surface area contributed by atoms with Gasteiger partial charge in [0.25, 0.3) is 5.56 Å². The summed E-state index contributed by atoms with van der Waals surface area (Å²) >= 11 is 0. The maximum Gasteiger partial charge on any atom is 0.274 e. The average Bonchev–Trinajstić information content (AvgIpc) is 2.48. The van der Waals surface area contributed by atoms with Crippen molar-refractivity contribution in [1.82, 2.24) is 4.57 Å². The van der Waals surface area contributed by atoms with Gasteiger partial charge in [-0.2, -0.15) is 0 Å². The Morgan fingerprint density at radius 1 is 1.10 bits per heavy atom. The SMILES string of the molecule is COc1ccc(OC)c(-c2ccc(N)c(=O)n2C(C)C)c1. The highest BCUT2D eigenvalue weighted by atomic mass is 16.5. The van der Waals surface area contributed by atoms with Gasteiger partial charge in [0.15, 0.2) is 0 Å². The highest BCUT2D eigenvalue weighted by Gasteiger charge is 2.15. The van der Waals surface area contributed by atoms with Crippen molar-refractivity contribution in [3.05, 3.63) is 40.7 Å². The van der Waals surface area contributed by atoms with Gasteiger partial charge in [-0.25, -0.2) is 0 Å². The highest BCUT2D eigenvalue weighted by Crippen LogP contribution is 2.34. The van der Waals surface area contributed by atoms with Crippen molar-refractivity contribution < 1.29 is 9.47 Å². The number of nitrogens with zero attached hydrogens (tertiary/aromatic N) is 1. The molecule has 1 aromatic carbocycles. The standard InChI is InChI=1S/C16H20N2O3/c1-10(2)18-14(7-6-13(17)16(18)19)12-9-11(20-3)5-8-15(12)21-4/h5-10H,17H2,1-4H3. The Hall–Kier alpha value is -2.43. The molecule has 21 heavy (non-hydrogen) atoms. The van der Waals surface area contributed by atoms with Crippen LogP contribution in [0, 0.1) is 0 Å². The molecule has 0 atom stereocenters. The van der Waals surface area contributed by atoms with Gasteiger partial charge in [-0.1, -0.05) is 0 Å². The Balaban J connectivity index is 2.78. The summed E-state index contributed by atoms with van der Waals surface area (Å²) in [5, 5.41) is 0. The summed E-state index contributed by atoms with van der Waals surface area (Å²) in [5.74, 6) is 1.37. The maximum atomic E-state index is 12.3. The third kappa shape index (κ3) is 2.72. The van der Waals surface area contributed by atoms with Crippen LogP contribution in [0.15, 0.2) is 35.1 Å². The van der Waals surface area contributed by atoms with Gasteiger partial charge < -0.3 is 19.8 Å². The molecule has 5 heteroatoms. The van der Waals surface area contributed by atoms with Crippen molar-refractivity contribution in [3.8, 4) is 22.8 Å². The van der Waals surface area contributed by atoms with Crippen LogP contribution in [0.2, 0.25) is 0 Å². The van der Waals surface area contributed by atoms with E-state index in [2.05, 4.69) is 0 Å². The lowest BCUT2D eigenvalue weighted by Gasteiger charge is -2.19. The first kappa shape index (κ1) is 15.0. The number of benzene rings is 1. The zero-order chi connectivity index (χ0) is 15.6. The van der Waals surface area contributed by atoms with E-state index in [-0.39, 0.29) is 17.3 Å². The van der Waals surface area contributed by atoms with Crippen LogP contribution in [0.5, 0.6) is 11.5 Å². The first-order valence-electron chi connectivity index (χ1n) is 6.73. The fraction of sp³-hybridized carbons (Fsp3) is 0.312. The molecule has 5 nitrogen and oxygen atoms in total. The normalized spacial score (nSPS) is 10.7. The molecular formula is C16H20N2O3. The lowest BCUT2D eigenvalue weighted by atomic mass is 10.1. The number of nitrogen functional groups attached to an aromatic ring is 1. The van der Waals surface area contributed by atoms with Crippen molar-refractivity contribution in [1.29, 1.82) is 0 Å². The number of ether oxygens (including phenoxy) is 2. The van der Waals surface area contributed by atoms with Crippen LogP contribution in [-0.2, 0) is 0 Å². The molecule has 0 aliphatic rings. The molecule has 2 aromatic rings. The van der Waals surface area contributed by atoms with E-state index in [4.69, 9.17) is 15.2 Å². The molecule has 0 aliphatic carbocycles. The molecule has 0 amide bonds. The maximum absolute atomic E-state index is 12.3. The molecule has 1 aromatic heterocycles. The van der Waals surface area contributed by atoms with Crippen molar-refractivity contribution in [2.45, 2.75) is 19.9 Å².